The van der Waals surface area contributed by atoms with E-state index in [4.69, 9.17) is 4.42 Å². The SMILES string of the molecule is Cc1cc(CN2CCC(CNC(=O)NCc3cccs3)CC2)c(C)o1. The summed E-state index contributed by atoms with van der Waals surface area (Å²) in [6.07, 6.45) is 2.25. The van der Waals surface area contributed by atoms with E-state index >= 15 is 0 Å². The normalized spacial score (nSPS) is 16.1. The Kier molecular flexibility index (Phi) is 6.15. The third-order valence-corrected chi connectivity index (χ3v) is 5.68. The predicted molar refractivity (Wildman–Crippen MR) is 101 cm³/mol. The van der Waals surface area contributed by atoms with Crippen molar-refractivity contribution in [1.29, 1.82) is 0 Å². The maximum Gasteiger partial charge on any atom is 0.315 e. The zero-order valence-corrected chi connectivity index (χ0v) is 15.8. The molecule has 0 aromatic carbocycles. The topological polar surface area (TPSA) is 57.5 Å². The number of nitrogens with one attached hydrogen (secondary N) is 2. The van der Waals surface area contributed by atoms with E-state index in [2.05, 4.69) is 21.6 Å². The van der Waals surface area contributed by atoms with Crippen molar-refractivity contribution in [2.45, 2.75) is 39.8 Å². The molecule has 1 aliphatic heterocycles. The van der Waals surface area contributed by atoms with Gasteiger partial charge in [-0.05, 0) is 63.2 Å². The molecule has 25 heavy (non-hydrogen) atoms. The molecule has 2 aromatic heterocycles. The van der Waals surface area contributed by atoms with E-state index in [1.807, 2.05) is 31.4 Å². The monoisotopic (exact) mass is 361 g/mol. The number of thiophene rings is 1. The summed E-state index contributed by atoms with van der Waals surface area (Å²) in [6, 6.07) is 6.10. The van der Waals surface area contributed by atoms with Gasteiger partial charge in [-0.25, -0.2) is 4.79 Å². The van der Waals surface area contributed by atoms with Gasteiger partial charge in [0.25, 0.3) is 0 Å². The minimum Gasteiger partial charge on any atom is -0.466 e. The third kappa shape index (κ3) is 5.34. The molecule has 0 aliphatic carbocycles. The van der Waals surface area contributed by atoms with Crippen LogP contribution >= 0.6 is 11.3 Å². The highest BCUT2D eigenvalue weighted by Crippen LogP contribution is 2.21. The van der Waals surface area contributed by atoms with Crippen LogP contribution in [0.25, 0.3) is 0 Å². The van der Waals surface area contributed by atoms with Gasteiger partial charge in [-0.15, -0.1) is 11.3 Å². The minimum atomic E-state index is -0.0691. The zero-order chi connectivity index (χ0) is 17.6. The Morgan fingerprint density at radius 3 is 2.76 bits per heavy atom. The van der Waals surface area contributed by atoms with Crippen LogP contribution in [-0.2, 0) is 13.1 Å². The fourth-order valence-electron chi connectivity index (χ4n) is 3.31. The Morgan fingerprint density at radius 1 is 1.32 bits per heavy atom. The van der Waals surface area contributed by atoms with E-state index in [1.165, 1.54) is 10.4 Å². The lowest BCUT2D eigenvalue weighted by molar-refractivity contribution is 0.174. The molecule has 3 heterocycles. The number of piperidine rings is 1. The van der Waals surface area contributed by atoms with Crippen LogP contribution in [0.4, 0.5) is 4.79 Å². The zero-order valence-electron chi connectivity index (χ0n) is 15.0. The number of amides is 2. The van der Waals surface area contributed by atoms with Gasteiger partial charge in [-0.2, -0.15) is 0 Å². The number of rotatable bonds is 6. The molecule has 1 fully saturated rings. The summed E-state index contributed by atoms with van der Waals surface area (Å²) in [7, 11) is 0. The van der Waals surface area contributed by atoms with Gasteiger partial charge in [0.1, 0.15) is 11.5 Å². The van der Waals surface area contributed by atoms with Crippen LogP contribution in [0, 0.1) is 19.8 Å². The molecule has 0 atom stereocenters. The fourth-order valence-corrected chi connectivity index (χ4v) is 3.95. The number of carbonyl (C=O) groups is 1. The van der Waals surface area contributed by atoms with E-state index in [9.17, 15) is 4.79 Å². The Bertz CT molecular complexity index is 673. The first-order valence-corrected chi connectivity index (χ1v) is 9.80. The second-order valence-corrected chi connectivity index (χ2v) is 7.83. The molecule has 1 aliphatic rings. The lowest BCUT2D eigenvalue weighted by Gasteiger charge is -2.31. The van der Waals surface area contributed by atoms with E-state index in [0.717, 1.165) is 50.5 Å². The van der Waals surface area contributed by atoms with Crippen LogP contribution < -0.4 is 10.6 Å². The summed E-state index contributed by atoms with van der Waals surface area (Å²) in [4.78, 5) is 15.5. The van der Waals surface area contributed by atoms with Crippen molar-refractivity contribution < 1.29 is 9.21 Å². The summed E-state index contributed by atoms with van der Waals surface area (Å²) in [5.41, 5.74) is 1.29. The average molecular weight is 362 g/mol. The second kappa shape index (κ2) is 8.54. The number of likely N-dealkylation sites (tertiary alicyclic amines) is 1. The second-order valence-electron chi connectivity index (χ2n) is 6.80. The van der Waals surface area contributed by atoms with Gasteiger partial charge < -0.3 is 15.1 Å². The van der Waals surface area contributed by atoms with Crippen molar-refractivity contribution in [2.24, 2.45) is 5.92 Å². The van der Waals surface area contributed by atoms with Crippen LogP contribution in [0.2, 0.25) is 0 Å². The number of hydrogen-bond acceptors (Lipinski definition) is 4. The molecule has 6 heteroatoms. The molecular weight excluding hydrogens is 334 g/mol. The van der Waals surface area contributed by atoms with Crippen molar-refractivity contribution in [3.05, 3.63) is 45.5 Å². The Hall–Kier alpha value is -1.79. The number of nitrogens with zero attached hydrogens (tertiary/aromatic N) is 1. The molecule has 1 saturated heterocycles. The molecule has 0 saturated carbocycles. The molecule has 0 spiro atoms. The van der Waals surface area contributed by atoms with Crippen molar-refractivity contribution >= 4 is 17.4 Å². The number of urea groups is 1. The minimum absolute atomic E-state index is 0.0691. The summed E-state index contributed by atoms with van der Waals surface area (Å²) in [5.74, 6) is 2.58. The molecule has 0 unspecified atom stereocenters. The Morgan fingerprint density at radius 2 is 2.12 bits per heavy atom. The first-order chi connectivity index (χ1) is 12.1. The molecule has 2 aromatic rings. The number of furan rings is 1. The first kappa shape index (κ1) is 18.0. The lowest BCUT2D eigenvalue weighted by Crippen LogP contribution is -2.41. The van der Waals surface area contributed by atoms with Gasteiger partial charge in [-0.1, -0.05) is 6.07 Å². The highest BCUT2D eigenvalue weighted by Gasteiger charge is 2.20. The van der Waals surface area contributed by atoms with Gasteiger partial charge in [0, 0.05) is 23.5 Å². The summed E-state index contributed by atoms with van der Waals surface area (Å²) in [6.45, 7) is 8.51. The average Bonchev–Trinajstić information content (AvgIpc) is 3.22. The van der Waals surface area contributed by atoms with Crippen molar-refractivity contribution in [2.75, 3.05) is 19.6 Å². The molecule has 5 nitrogen and oxygen atoms in total. The molecule has 3 rings (SSSR count). The Balaban J connectivity index is 1.33. The summed E-state index contributed by atoms with van der Waals surface area (Å²) >= 11 is 1.66. The van der Waals surface area contributed by atoms with E-state index in [1.54, 1.807) is 11.3 Å². The van der Waals surface area contributed by atoms with Gasteiger partial charge >= 0.3 is 6.03 Å². The summed E-state index contributed by atoms with van der Waals surface area (Å²) < 4.78 is 5.61. The van der Waals surface area contributed by atoms with Crippen molar-refractivity contribution in [3.63, 3.8) is 0 Å². The quantitative estimate of drug-likeness (QED) is 0.825. The molecule has 0 bridgehead atoms. The van der Waals surface area contributed by atoms with Crippen LogP contribution in [0.3, 0.4) is 0 Å². The largest absolute Gasteiger partial charge is 0.466 e. The van der Waals surface area contributed by atoms with Gasteiger partial charge in [0.15, 0.2) is 0 Å². The number of hydrogen-bond donors (Lipinski definition) is 2. The van der Waals surface area contributed by atoms with Crippen LogP contribution in [0.5, 0.6) is 0 Å². The third-order valence-electron chi connectivity index (χ3n) is 4.80. The number of aryl methyl sites for hydroxylation is 2. The smallest absolute Gasteiger partial charge is 0.315 e. The van der Waals surface area contributed by atoms with Gasteiger partial charge in [0.05, 0.1) is 6.54 Å². The van der Waals surface area contributed by atoms with E-state index in [-0.39, 0.29) is 6.03 Å². The highest BCUT2D eigenvalue weighted by atomic mass is 32.1. The van der Waals surface area contributed by atoms with Crippen molar-refractivity contribution in [1.82, 2.24) is 15.5 Å². The first-order valence-electron chi connectivity index (χ1n) is 8.92. The van der Waals surface area contributed by atoms with Gasteiger partial charge in [0.2, 0.25) is 0 Å². The molecule has 0 radical (unpaired) electrons. The fraction of sp³-hybridized carbons (Fsp3) is 0.526. The van der Waals surface area contributed by atoms with E-state index < -0.39 is 0 Å². The maximum atomic E-state index is 11.9. The van der Waals surface area contributed by atoms with Crippen molar-refractivity contribution in [3.8, 4) is 0 Å². The molecule has 136 valence electrons. The lowest BCUT2D eigenvalue weighted by atomic mass is 9.96. The summed E-state index contributed by atoms with van der Waals surface area (Å²) in [5, 5.41) is 7.95. The molecular formula is C19H27N3O2S. The van der Waals surface area contributed by atoms with E-state index in [0.29, 0.717) is 12.5 Å². The molecule has 2 amide bonds. The van der Waals surface area contributed by atoms with Crippen LogP contribution in [-0.4, -0.2) is 30.6 Å². The van der Waals surface area contributed by atoms with Crippen LogP contribution in [0.1, 0.15) is 34.8 Å². The highest BCUT2D eigenvalue weighted by molar-refractivity contribution is 7.09. The van der Waals surface area contributed by atoms with Gasteiger partial charge in [-0.3, -0.25) is 4.90 Å². The number of carbonyl (C=O) groups excluding carboxylic acids is 1. The van der Waals surface area contributed by atoms with Crippen LogP contribution in [0.15, 0.2) is 28.0 Å². The predicted octanol–water partition coefficient (Wildman–Crippen LogP) is 3.67. The molecule has 2 N–H and O–H groups in total. The Labute approximate surface area is 153 Å². The maximum absolute atomic E-state index is 11.9. The standard InChI is InChI=1S/C19H27N3O2S/c1-14-10-17(15(2)24-14)13-22-7-5-16(6-8-22)11-20-19(23)21-12-18-4-3-9-25-18/h3-4,9-10,16H,5-8,11-13H2,1-2H3,(H2,20,21,23).